The molecule has 6 heterocycles. The Morgan fingerprint density at radius 2 is 0.617 bits per heavy atom. The Hall–Kier alpha value is -5.23. The van der Waals surface area contributed by atoms with E-state index in [1.165, 1.54) is 6.92 Å². The van der Waals surface area contributed by atoms with Crippen LogP contribution in [0.15, 0.2) is 0 Å². The molecule has 6 aliphatic heterocycles. The highest BCUT2D eigenvalue weighted by molar-refractivity contribution is 7.80. The lowest BCUT2D eigenvalue weighted by atomic mass is 9.77. The average Bonchev–Trinajstić information content (AvgIpc) is 1.76. The average molecular weight is 1880 g/mol. The van der Waals surface area contributed by atoms with Crippen molar-refractivity contribution in [1.82, 2.24) is 47.9 Å². The molecule has 8 fully saturated rings. The van der Waals surface area contributed by atoms with Gasteiger partial charge in [0.25, 0.3) is 0 Å². The molecule has 5 amide bonds. The maximum atomic E-state index is 14.0. The van der Waals surface area contributed by atoms with E-state index < -0.39 is 298 Å². The molecule has 0 aromatic heterocycles. The fourth-order valence-corrected chi connectivity index (χ4v) is 16.7. The molecule has 740 valence electrons. The van der Waals surface area contributed by atoms with Gasteiger partial charge in [-0.2, -0.15) is 0 Å². The smallest absolute Gasteiger partial charge is 0.408 e. The summed E-state index contributed by atoms with van der Waals surface area (Å²) in [4.78, 5) is 67.0. The molecule has 38 atom stereocenters. The molecule has 128 heavy (non-hydrogen) atoms. The lowest BCUT2D eigenvalue weighted by Gasteiger charge is -2.48. The normalized spacial score (nSPS) is 39.6. The first-order valence-electron chi connectivity index (χ1n) is 44.3. The lowest BCUT2D eigenvalue weighted by Crippen LogP contribution is -2.68. The van der Waals surface area contributed by atoms with Crippen molar-refractivity contribution in [3.8, 4) is 0 Å². The van der Waals surface area contributed by atoms with Gasteiger partial charge in [-0.05, 0) is 172 Å². The number of carbonyl (C=O) groups excluding carboxylic acids is 5. The minimum absolute atomic E-state index is 0.0515. The molecule has 8 aliphatic rings. The van der Waals surface area contributed by atoms with Gasteiger partial charge in [0.2, 0.25) is 0 Å². The maximum absolute atomic E-state index is 14.0. The van der Waals surface area contributed by atoms with Gasteiger partial charge in [-0.1, -0.05) is 48.5 Å². The number of rotatable bonds is 29. The van der Waals surface area contributed by atoms with Crippen molar-refractivity contribution in [3.05, 3.63) is 0 Å². The van der Waals surface area contributed by atoms with Crippen LogP contribution in [-0.4, -0.2) is 372 Å². The summed E-state index contributed by atoms with van der Waals surface area (Å²) in [5, 5.41) is 166. The van der Waals surface area contributed by atoms with E-state index in [2.05, 4.69) is 47.9 Å². The van der Waals surface area contributed by atoms with Crippen LogP contribution in [0, 0.1) is 29.6 Å². The van der Waals surface area contributed by atoms with Gasteiger partial charge in [0.05, 0.1) is 54.8 Å². The Morgan fingerprint density at radius 3 is 1.02 bits per heavy atom. The van der Waals surface area contributed by atoms with Crippen LogP contribution in [0.5, 0.6) is 0 Å². The second kappa shape index (κ2) is 45.9. The quantitative estimate of drug-likeness (QED) is 0.0263. The molecule has 2 aliphatic carbocycles. The molecule has 0 aromatic rings. The van der Waals surface area contributed by atoms with Crippen LogP contribution in [0.3, 0.4) is 0 Å². The minimum atomic E-state index is -1.88. The molecule has 6 saturated heterocycles. The summed E-state index contributed by atoms with van der Waals surface area (Å²) in [6.07, 6.45) is -47.3. The number of thiocarbonyl (C=S) groups is 2. The van der Waals surface area contributed by atoms with Crippen LogP contribution < -0.4 is 47.9 Å². The summed E-state index contributed by atoms with van der Waals surface area (Å²) in [6, 6.07) is -4.30. The summed E-state index contributed by atoms with van der Waals surface area (Å²) in [6.45, 7) is 35.2. The monoisotopic (exact) mass is 1880 g/mol. The molecular weight excluding hydrogens is 1730 g/mol. The first-order valence-corrected chi connectivity index (χ1v) is 45.2. The Balaban J connectivity index is 1.00. The Bertz CT molecular complexity index is 3560. The molecule has 45 heteroatoms. The maximum Gasteiger partial charge on any atom is 0.408 e. The summed E-state index contributed by atoms with van der Waals surface area (Å²) < 4.78 is 106. The van der Waals surface area contributed by atoms with E-state index in [0.717, 1.165) is 0 Å². The molecule has 21 N–H and O–H groups in total. The molecule has 0 bridgehead atoms. The highest BCUT2D eigenvalue weighted by Gasteiger charge is 2.59. The van der Waals surface area contributed by atoms with Crippen LogP contribution in [-0.2, 0) is 80.5 Å². The summed E-state index contributed by atoms with van der Waals surface area (Å²) >= 11 is 11.6. The lowest BCUT2D eigenvalue weighted by molar-refractivity contribution is -0.325. The number of amides is 5. The third-order valence-corrected chi connectivity index (χ3v) is 23.6. The number of hydrogen-bond acceptors (Lipinski definition) is 36. The fraction of sp³-hybridized carbons (Fsp3) is 0.916. The molecule has 0 spiro atoms. The highest BCUT2D eigenvalue weighted by Crippen LogP contribution is 2.43. The Kier molecular flexibility index (Phi) is 38.7. The highest BCUT2D eigenvalue weighted by atomic mass is 32.1. The second-order valence-corrected chi connectivity index (χ2v) is 40.5. The Labute approximate surface area is 759 Å². The van der Waals surface area contributed by atoms with Crippen molar-refractivity contribution in [3.63, 3.8) is 0 Å². The number of nitrogens with one attached hydrogen (secondary N) is 9. The molecule has 43 nitrogen and oxygen atoms in total. The van der Waals surface area contributed by atoms with E-state index >= 15 is 0 Å². The van der Waals surface area contributed by atoms with Crippen molar-refractivity contribution in [2.24, 2.45) is 29.6 Å². The molecule has 0 radical (unpaired) electrons. The van der Waals surface area contributed by atoms with E-state index in [1.807, 2.05) is 13.8 Å². The standard InChI is InChI=1S/C83H147N9O34S2/c1-23-41-53(98)49(94)36(5)66(110-41)116-60-35(4)28-34(3)48(93)64(60)120-70-59(104)63(119-69-47(92-78(109)126-83(20,21)22)57(102)56(101)44(113-69)31-89-75(106)123-80(11,12)13)46(115-70)33-87-73(128)85-27-25-26-84-72(127)86-32-45-62(118-67-37(6)50(95)54(99)42(24-2)111-67)58(103)71(114-45)121-65-52(97)39(90-76(107)124-81(14,15)16)29-40(91-77(108)125-82(17,18)19)61(65)117-68-38(7)51(96)55(100)43(112-68)30-88-74(105)122-79(8,9)10/h34-71,93-104H,23-33H2,1-22H3,(H,88,105)(H,89,106)(H,90,107)(H,91,108)(H,92,109)(H2,84,86,127)(H2,85,87,128)/t34-,35?,36?,37?,38?,39+,40?,41?,42-,43?,44+,45+,46+,47?,48-,49+,50?,51+,52?,53?,54?,55?,56?,57?,58-,59?,60?,61?,62?,63?,64?,65+,66-,67+,68+,69-,70-,71-/m0/s1. The molecule has 8 rings (SSSR count). The van der Waals surface area contributed by atoms with E-state index in [1.54, 1.807) is 132 Å². The number of aliphatic hydroxyl groups excluding tert-OH is 12. The van der Waals surface area contributed by atoms with Crippen LogP contribution in [0.4, 0.5) is 24.0 Å². The number of hydrogen-bond donors (Lipinski definition) is 21. The molecule has 21 unspecified atom stereocenters. The van der Waals surface area contributed by atoms with Crippen molar-refractivity contribution in [2.45, 2.75) is 415 Å². The van der Waals surface area contributed by atoms with Gasteiger partial charge in [0.15, 0.2) is 48.0 Å². The van der Waals surface area contributed by atoms with Gasteiger partial charge >= 0.3 is 30.5 Å². The fourth-order valence-electron chi connectivity index (χ4n) is 16.4. The van der Waals surface area contributed by atoms with Gasteiger partial charge in [-0.25, -0.2) is 24.0 Å². The van der Waals surface area contributed by atoms with E-state index in [-0.39, 0.29) is 55.2 Å². The van der Waals surface area contributed by atoms with E-state index in [9.17, 15) is 85.3 Å². The predicted octanol–water partition coefficient (Wildman–Crippen LogP) is -0.167. The zero-order valence-corrected chi connectivity index (χ0v) is 79.0. The topological polar surface area (TPSA) is 593 Å². The first kappa shape index (κ1) is 108. The number of alkyl carbamates (subject to hydrolysis) is 5. The molecular formula is C83H147N9O34S2. The second-order valence-electron chi connectivity index (χ2n) is 39.6. The van der Waals surface area contributed by atoms with E-state index in [0.29, 0.717) is 19.3 Å². The summed E-state index contributed by atoms with van der Waals surface area (Å²) in [5.74, 6) is -3.49. The largest absolute Gasteiger partial charge is 0.444 e. The van der Waals surface area contributed by atoms with Crippen LogP contribution in [0.2, 0.25) is 0 Å². The van der Waals surface area contributed by atoms with Crippen molar-refractivity contribution in [1.29, 1.82) is 0 Å². The summed E-state index contributed by atoms with van der Waals surface area (Å²) in [5.41, 5.74) is -5.03. The zero-order chi connectivity index (χ0) is 95.6. The van der Waals surface area contributed by atoms with Crippen molar-refractivity contribution >= 4 is 65.1 Å². The van der Waals surface area contributed by atoms with Crippen LogP contribution in [0.1, 0.15) is 184 Å². The molecule has 0 aromatic carbocycles. The van der Waals surface area contributed by atoms with Crippen molar-refractivity contribution in [2.75, 3.05) is 39.3 Å². The number of carbonyl (C=O) groups is 5. The van der Waals surface area contributed by atoms with Crippen LogP contribution in [0.25, 0.3) is 0 Å². The predicted molar refractivity (Wildman–Crippen MR) is 459 cm³/mol. The first-order chi connectivity index (χ1) is 59.4. The van der Waals surface area contributed by atoms with Gasteiger partial charge in [-0.15, -0.1) is 0 Å². The van der Waals surface area contributed by atoms with Gasteiger partial charge < -0.3 is 190 Å². The number of aliphatic hydroxyl groups is 12. The summed E-state index contributed by atoms with van der Waals surface area (Å²) in [7, 11) is 0. The zero-order valence-electron chi connectivity index (χ0n) is 77.4. The SMILES string of the molecule is CCC1O[C@@H](OC2C(C)C[C@H](C)[C@H](O)C2O[C@@H]2O[C@H](CNC(=S)NCCCNC(=S)NC[C@H]3O[C@@H](O[C@H]4C(O[C@H]5OC(CNC(=O)OC(C)(C)C)C(O)[C@H](O)C5C)C(NC(=O)OC(C)(C)C)C[C@@H](NC(=O)OC(C)(C)C)C4O)[C@@H](O)C3O[C@H]3O[C@@H](CC)C(O)C(O)C3C)C(O[C@@H]3O[C@H](CNC(=O)OC(C)(C)C)C(O)C(O)C3NC(=O)OC(C)(C)C)C2O)C(C)[C@@H](O)C1O. The third-order valence-electron chi connectivity index (χ3n) is 23.0. The number of ether oxygens (including phenoxy) is 17. The van der Waals surface area contributed by atoms with Gasteiger partial charge in [0, 0.05) is 57.0 Å². The van der Waals surface area contributed by atoms with Crippen molar-refractivity contribution < 1.29 is 166 Å². The molecule has 2 saturated carbocycles. The van der Waals surface area contributed by atoms with E-state index in [4.69, 9.17) is 105 Å². The van der Waals surface area contributed by atoms with Gasteiger partial charge in [0.1, 0.15) is 138 Å². The van der Waals surface area contributed by atoms with Crippen LogP contribution >= 0.6 is 24.4 Å². The minimum Gasteiger partial charge on any atom is -0.444 e. The van der Waals surface area contributed by atoms with Gasteiger partial charge in [-0.3, -0.25) is 0 Å². The third kappa shape index (κ3) is 30.1. The Morgan fingerprint density at radius 1 is 0.305 bits per heavy atom.